The summed E-state index contributed by atoms with van der Waals surface area (Å²) < 4.78 is 1.68. The van der Waals surface area contributed by atoms with Crippen molar-refractivity contribution in [2.75, 3.05) is 0 Å². The highest BCUT2D eigenvalue weighted by Crippen LogP contribution is 2.24. The lowest BCUT2D eigenvalue weighted by Crippen LogP contribution is -2.44. The molecule has 1 amide bonds. The second kappa shape index (κ2) is 5.35. The fraction of sp³-hybridized carbons (Fsp3) is 0.533. The number of fused-ring (bicyclic) bond motifs is 1. The number of aromatic nitrogens is 1. The highest BCUT2D eigenvalue weighted by atomic mass is 16.4. The minimum Gasteiger partial charge on any atom is -0.478 e. The lowest BCUT2D eigenvalue weighted by atomic mass is 10.1. The Labute approximate surface area is 123 Å². The fourth-order valence-corrected chi connectivity index (χ4v) is 2.56. The minimum atomic E-state index is -1.06. The summed E-state index contributed by atoms with van der Waals surface area (Å²) in [4.78, 5) is 35.6. The van der Waals surface area contributed by atoms with Crippen LogP contribution in [0.2, 0.25) is 0 Å². The molecule has 2 rings (SSSR count). The summed E-state index contributed by atoms with van der Waals surface area (Å²) in [7, 11) is 0. The van der Waals surface area contributed by atoms with Crippen molar-refractivity contribution in [2.45, 2.75) is 52.1 Å². The first kappa shape index (κ1) is 15.3. The average Bonchev–Trinajstić information content (AvgIpc) is 2.75. The van der Waals surface area contributed by atoms with Gasteiger partial charge in [0.25, 0.3) is 11.7 Å². The molecule has 0 aromatic carbocycles. The van der Waals surface area contributed by atoms with Crippen LogP contribution in [0.1, 0.15) is 60.2 Å². The molecule has 6 nitrogen and oxygen atoms in total. The predicted octanol–water partition coefficient (Wildman–Crippen LogP) is 1.62. The Morgan fingerprint density at radius 3 is 2.48 bits per heavy atom. The monoisotopic (exact) mass is 292 g/mol. The van der Waals surface area contributed by atoms with Gasteiger partial charge in [-0.05, 0) is 46.1 Å². The highest BCUT2D eigenvalue weighted by molar-refractivity contribution is 6.42. The van der Waals surface area contributed by atoms with Crippen LogP contribution in [0.15, 0.2) is 6.07 Å². The molecule has 0 bridgehead atoms. The Hall–Kier alpha value is -2.11. The summed E-state index contributed by atoms with van der Waals surface area (Å²) in [6, 6.07) is 1.33. The largest absolute Gasteiger partial charge is 0.478 e. The molecule has 0 atom stereocenters. The molecule has 0 fully saturated rings. The summed E-state index contributed by atoms with van der Waals surface area (Å²) >= 11 is 0. The van der Waals surface area contributed by atoms with Crippen LogP contribution in [0, 0.1) is 0 Å². The van der Waals surface area contributed by atoms with Gasteiger partial charge in [0, 0.05) is 17.8 Å². The molecular formula is C15H20N2O4. The molecule has 1 aliphatic heterocycles. The smallest absolute Gasteiger partial charge is 0.337 e. The van der Waals surface area contributed by atoms with E-state index in [4.69, 9.17) is 0 Å². The van der Waals surface area contributed by atoms with Crippen LogP contribution in [-0.4, -0.2) is 32.9 Å². The van der Waals surface area contributed by atoms with Crippen molar-refractivity contribution in [1.29, 1.82) is 0 Å². The van der Waals surface area contributed by atoms with Gasteiger partial charge in [-0.1, -0.05) is 0 Å². The van der Waals surface area contributed by atoms with Crippen molar-refractivity contribution < 1.29 is 19.5 Å². The van der Waals surface area contributed by atoms with Crippen LogP contribution < -0.4 is 5.32 Å². The molecule has 0 spiro atoms. The maximum absolute atomic E-state index is 12.3. The van der Waals surface area contributed by atoms with Crippen LogP contribution in [0.25, 0.3) is 0 Å². The van der Waals surface area contributed by atoms with E-state index in [1.54, 1.807) is 25.3 Å². The van der Waals surface area contributed by atoms with E-state index in [1.165, 1.54) is 6.07 Å². The van der Waals surface area contributed by atoms with Crippen molar-refractivity contribution in [3.8, 4) is 0 Å². The number of aromatic carboxylic acids is 1. The van der Waals surface area contributed by atoms with Crippen molar-refractivity contribution >= 4 is 17.7 Å². The normalized spacial score (nSPS) is 14.4. The van der Waals surface area contributed by atoms with Crippen LogP contribution in [0.4, 0.5) is 0 Å². The van der Waals surface area contributed by atoms with E-state index in [0.29, 0.717) is 18.7 Å². The zero-order chi connectivity index (χ0) is 15.8. The first-order valence-corrected chi connectivity index (χ1v) is 7.03. The number of hydrogen-bond acceptors (Lipinski definition) is 3. The average molecular weight is 292 g/mol. The van der Waals surface area contributed by atoms with Crippen molar-refractivity contribution in [3.63, 3.8) is 0 Å². The zero-order valence-electron chi connectivity index (χ0n) is 12.5. The maximum Gasteiger partial charge on any atom is 0.337 e. The summed E-state index contributed by atoms with van der Waals surface area (Å²) in [5.41, 5.74) is 0.422. The number of nitrogens with zero attached hydrogens (tertiary/aromatic N) is 1. The van der Waals surface area contributed by atoms with E-state index < -0.39 is 23.2 Å². The molecule has 2 heterocycles. The molecule has 0 saturated heterocycles. The standard InChI is InChI=1S/C15H20N2O4/c1-15(2,3)16-13(19)12(18)11-8-9(14(20)21)10-6-4-5-7-17(10)11/h8H,4-7H2,1-3H3,(H,16,19)(H,20,21). The maximum atomic E-state index is 12.3. The molecule has 0 saturated carbocycles. The van der Waals surface area contributed by atoms with E-state index in [9.17, 15) is 19.5 Å². The Kier molecular flexibility index (Phi) is 3.89. The highest BCUT2D eigenvalue weighted by Gasteiger charge is 2.29. The SMILES string of the molecule is CC(C)(C)NC(=O)C(=O)c1cc(C(=O)O)c2n1CCCC2. The fourth-order valence-electron chi connectivity index (χ4n) is 2.56. The number of carbonyl (C=O) groups is 3. The van der Waals surface area contributed by atoms with Crippen LogP contribution >= 0.6 is 0 Å². The van der Waals surface area contributed by atoms with Crippen LogP contribution in [0.5, 0.6) is 0 Å². The number of hydrogen-bond donors (Lipinski definition) is 2. The molecule has 1 aromatic heterocycles. The van der Waals surface area contributed by atoms with E-state index in [1.807, 2.05) is 0 Å². The van der Waals surface area contributed by atoms with E-state index in [2.05, 4.69) is 5.32 Å². The molecule has 21 heavy (non-hydrogen) atoms. The molecule has 1 aromatic rings. The van der Waals surface area contributed by atoms with Gasteiger partial charge in [0.05, 0.1) is 11.3 Å². The van der Waals surface area contributed by atoms with E-state index >= 15 is 0 Å². The molecule has 0 unspecified atom stereocenters. The number of ketones is 1. The van der Waals surface area contributed by atoms with Gasteiger partial charge in [0.1, 0.15) is 0 Å². The summed E-state index contributed by atoms with van der Waals surface area (Å²) in [6.45, 7) is 5.93. The number of rotatable bonds is 3. The number of amides is 1. The number of Topliss-reactive ketones (excluding diaryl/α,β-unsaturated/α-hetero) is 1. The van der Waals surface area contributed by atoms with Crippen LogP contribution in [-0.2, 0) is 17.8 Å². The molecule has 2 N–H and O–H groups in total. The Bertz CT molecular complexity index is 608. The van der Waals surface area contributed by atoms with Crippen molar-refractivity contribution in [3.05, 3.63) is 23.0 Å². The summed E-state index contributed by atoms with van der Waals surface area (Å²) in [6.07, 6.45) is 2.39. The van der Waals surface area contributed by atoms with Gasteiger partial charge in [0.15, 0.2) is 0 Å². The predicted molar refractivity (Wildman–Crippen MR) is 76.6 cm³/mol. The Morgan fingerprint density at radius 2 is 1.90 bits per heavy atom. The minimum absolute atomic E-state index is 0.126. The quantitative estimate of drug-likeness (QED) is 0.654. The molecule has 0 aliphatic carbocycles. The first-order chi connectivity index (χ1) is 9.70. The number of carboxylic acids is 1. The third-order valence-corrected chi connectivity index (χ3v) is 3.41. The molecule has 1 aliphatic rings. The van der Waals surface area contributed by atoms with Crippen molar-refractivity contribution in [1.82, 2.24) is 9.88 Å². The number of nitrogens with one attached hydrogen (secondary N) is 1. The molecule has 6 heteroatoms. The Morgan fingerprint density at radius 1 is 1.24 bits per heavy atom. The van der Waals surface area contributed by atoms with Gasteiger partial charge in [0.2, 0.25) is 0 Å². The topological polar surface area (TPSA) is 88.4 Å². The number of carbonyl (C=O) groups excluding carboxylic acids is 2. The van der Waals surface area contributed by atoms with Gasteiger partial charge in [-0.25, -0.2) is 4.79 Å². The van der Waals surface area contributed by atoms with Crippen LogP contribution in [0.3, 0.4) is 0 Å². The first-order valence-electron chi connectivity index (χ1n) is 7.03. The third-order valence-electron chi connectivity index (χ3n) is 3.41. The summed E-state index contributed by atoms with van der Waals surface area (Å²) in [5, 5.41) is 11.8. The van der Waals surface area contributed by atoms with Gasteiger partial charge in [-0.15, -0.1) is 0 Å². The van der Waals surface area contributed by atoms with Gasteiger partial charge in [-0.2, -0.15) is 0 Å². The van der Waals surface area contributed by atoms with Gasteiger partial charge in [-0.3, -0.25) is 9.59 Å². The molecule has 114 valence electrons. The Balaban J connectivity index is 2.38. The summed E-state index contributed by atoms with van der Waals surface area (Å²) in [5.74, 6) is -2.44. The third kappa shape index (κ3) is 3.15. The second-order valence-corrected chi connectivity index (χ2v) is 6.34. The molecular weight excluding hydrogens is 272 g/mol. The van der Waals surface area contributed by atoms with E-state index in [-0.39, 0.29) is 11.3 Å². The molecule has 0 radical (unpaired) electrons. The lowest BCUT2D eigenvalue weighted by molar-refractivity contribution is -0.118. The zero-order valence-corrected chi connectivity index (χ0v) is 12.5. The lowest BCUT2D eigenvalue weighted by Gasteiger charge is -2.21. The number of carboxylic acid groups (broad SMARTS) is 1. The van der Waals surface area contributed by atoms with Gasteiger partial charge >= 0.3 is 5.97 Å². The van der Waals surface area contributed by atoms with Gasteiger partial charge < -0.3 is 15.0 Å². The van der Waals surface area contributed by atoms with E-state index in [0.717, 1.165) is 12.8 Å². The second-order valence-electron chi connectivity index (χ2n) is 6.34. The van der Waals surface area contributed by atoms with Crippen molar-refractivity contribution in [2.24, 2.45) is 0 Å².